The standard InChI is InChI=1S/C37H24N6O2S3/c38-40-39-23-41-30-19-17-24(42-26-9-1-5-13-32(26)46-33-14-6-2-10-27(33)42)21-36(30)48(44,45)37-22-25(18-20-31(37)41)43-28-11-3-7-15-34(28)47-35-16-8-4-12-29(35)43/h1-22H,23H2. The first kappa shape index (κ1) is 28.9. The molecule has 3 aliphatic rings. The van der Waals surface area contributed by atoms with E-state index >= 15 is 0 Å². The highest BCUT2D eigenvalue weighted by Gasteiger charge is 2.37. The number of para-hydroxylation sites is 4. The van der Waals surface area contributed by atoms with Crippen molar-refractivity contribution in [3.63, 3.8) is 0 Å². The number of anilines is 8. The maximum atomic E-state index is 14.8. The molecule has 6 aromatic carbocycles. The third-order valence-electron chi connectivity index (χ3n) is 8.70. The summed E-state index contributed by atoms with van der Waals surface area (Å²) in [5.41, 5.74) is 15.6. The van der Waals surface area contributed by atoms with Gasteiger partial charge < -0.3 is 14.7 Å². The lowest BCUT2D eigenvalue weighted by Crippen LogP contribution is -2.27. The van der Waals surface area contributed by atoms with E-state index in [1.165, 1.54) is 0 Å². The highest BCUT2D eigenvalue weighted by Crippen LogP contribution is 2.55. The Hall–Kier alpha value is -5.32. The van der Waals surface area contributed by atoms with Crippen molar-refractivity contribution in [3.05, 3.63) is 144 Å². The molecule has 0 radical (unpaired) electrons. The van der Waals surface area contributed by atoms with E-state index in [4.69, 9.17) is 0 Å². The van der Waals surface area contributed by atoms with E-state index in [-0.39, 0.29) is 16.5 Å². The molecule has 9 rings (SSSR count). The average molecular weight is 681 g/mol. The number of fused-ring (bicyclic) bond motifs is 6. The molecule has 48 heavy (non-hydrogen) atoms. The van der Waals surface area contributed by atoms with E-state index in [2.05, 4.69) is 44.1 Å². The van der Waals surface area contributed by atoms with Crippen molar-refractivity contribution in [2.75, 3.05) is 21.4 Å². The molecular formula is C37H24N6O2S3. The Morgan fingerprint density at radius 2 is 0.917 bits per heavy atom. The Kier molecular flexibility index (Phi) is 6.70. The summed E-state index contributed by atoms with van der Waals surface area (Å²) in [6.45, 7) is -0.0667. The van der Waals surface area contributed by atoms with Crippen LogP contribution in [0.15, 0.2) is 168 Å². The van der Waals surface area contributed by atoms with Crippen molar-refractivity contribution in [2.45, 2.75) is 29.4 Å². The van der Waals surface area contributed by atoms with Gasteiger partial charge in [-0.15, -0.1) is 0 Å². The summed E-state index contributed by atoms with van der Waals surface area (Å²) in [6, 6.07) is 43.5. The first-order chi connectivity index (χ1) is 23.5. The topological polar surface area (TPSA) is 92.6 Å². The molecule has 11 heteroatoms. The van der Waals surface area contributed by atoms with Crippen molar-refractivity contribution < 1.29 is 8.42 Å². The van der Waals surface area contributed by atoms with Gasteiger partial charge in [0.2, 0.25) is 9.84 Å². The Morgan fingerprint density at radius 3 is 1.29 bits per heavy atom. The monoisotopic (exact) mass is 680 g/mol. The third kappa shape index (κ3) is 4.40. The minimum Gasteiger partial charge on any atom is -0.333 e. The third-order valence-corrected chi connectivity index (χ3v) is 12.8. The van der Waals surface area contributed by atoms with E-state index < -0.39 is 9.84 Å². The molecule has 6 aromatic rings. The minimum absolute atomic E-state index is 0.0667. The molecule has 0 fully saturated rings. The summed E-state index contributed by atoms with van der Waals surface area (Å²) >= 11 is 3.39. The van der Waals surface area contributed by atoms with E-state index in [0.29, 0.717) is 11.4 Å². The molecule has 0 aliphatic carbocycles. The fraction of sp³-hybridized carbons (Fsp3) is 0.0270. The van der Waals surface area contributed by atoms with Gasteiger partial charge >= 0.3 is 0 Å². The van der Waals surface area contributed by atoms with Gasteiger partial charge in [0.25, 0.3) is 0 Å². The van der Waals surface area contributed by atoms with Crippen LogP contribution in [0.25, 0.3) is 10.4 Å². The zero-order valence-corrected chi connectivity index (χ0v) is 27.6. The van der Waals surface area contributed by atoms with Crippen molar-refractivity contribution >= 4 is 78.9 Å². The molecule has 0 spiro atoms. The van der Waals surface area contributed by atoms with Crippen LogP contribution in [0, 0.1) is 0 Å². The van der Waals surface area contributed by atoms with Gasteiger partial charge in [0.1, 0.15) is 6.67 Å². The fourth-order valence-electron chi connectivity index (χ4n) is 6.62. The lowest BCUT2D eigenvalue weighted by molar-refractivity contribution is 0.594. The molecule has 0 bridgehead atoms. The molecule has 232 valence electrons. The van der Waals surface area contributed by atoms with Gasteiger partial charge in [0, 0.05) is 35.9 Å². The van der Waals surface area contributed by atoms with E-state index in [1.54, 1.807) is 40.6 Å². The van der Waals surface area contributed by atoms with Gasteiger partial charge in [0.15, 0.2) is 0 Å². The van der Waals surface area contributed by atoms with Crippen LogP contribution in [0.4, 0.5) is 45.5 Å². The maximum absolute atomic E-state index is 14.8. The van der Waals surface area contributed by atoms with Crippen LogP contribution in [0.2, 0.25) is 0 Å². The number of azide groups is 1. The van der Waals surface area contributed by atoms with Gasteiger partial charge in [-0.1, -0.05) is 77.2 Å². The van der Waals surface area contributed by atoms with Crippen LogP contribution in [0.3, 0.4) is 0 Å². The minimum atomic E-state index is -4.03. The largest absolute Gasteiger partial charge is 0.333 e. The second-order valence-corrected chi connectivity index (χ2v) is 15.4. The molecule has 0 aromatic heterocycles. The lowest BCUT2D eigenvalue weighted by atomic mass is 10.1. The Labute approximate surface area is 285 Å². The Balaban J connectivity index is 1.23. The summed E-state index contributed by atoms with van der Waals surface area (Å²) < 4.78 is 29.6. The van der Waals surface area contributed by atoms with Crippen LogP contribution in [-0.4, -0.2) is 15.1 Å². The molecule has 3 aliphatic heterocycles. The van der Waals surface area contributed by atoms with Crippen LogP contribution in [0.1, 0.15) is 0 Å². The SMILES string of the molecule is [N-]=[N+]=NCN1c2ccc(N3c4ccccc4Sc4ccccc43)cc2S(=O)(=O)c2cc(N3c4ccccc4Sc4ccccc43)ccc21. The number of hydrogen-bond donors (Lipinski definition) is 0. The second kappa shape index (κ2) is 11.1. The van der Waals surface area contributed by atoms with Gasteiger partial charge in [-0.05, 0) is 90.5 Å². The lowest BCUT2D eigenvalue weighted by Gasteiger charge is -2.36. The molecular weight excluding hydrogens is 657 g/mol. The van der Waals surface area contributed by atoms with Crippen molar-refractivity contribution in [3.8, 4) is 0 Å². The van der Waals surface area contributed by atoms with Gasteiger partial charge in [-0.25, -0.2) is 8.42 Å². The first-order valence-corrected chi connectivity index (χ1v) is 18.3. The number of nitrogens with zero attached hydrogens (tertiary/aromatic N) is 6. The van der Waals surface area contributed by atoms with Crippen LogP contribution < -0.4 is 14.7 Å². The number of rotatable bonds is 4. The summed E-state index contributed by atoms with van der Waals surface area (Å²) in [5, 5.41) is 3.87. The van der Waals surface area contributed by atoms with Crippen molar-refractivity contribution in [2.24, 2.45) is 5.11 Å². The highest BCUT2D eigenvalue weighted by molar-refractivity contribution is 8.00. The quantitative estimate of drug-likeness (QED) is 0.104. The predicted octanol–water partition coefficient (Wildman–Crippen LogP) is 11.1. The van der Waals surface area contributed by atoms with Crippen LogP contribution in [0.5, 0.6) is 0 Å². The molecule has 8 nitrogen and oxygen atoms in total. The van der Waals surface area contributed by atoms with Crippen molar-refractivity contribution in [1.29, 1.82) is 0 Å². The summed E-state index contributed by atoms with van der Waals surface area (Å²) in [5.74, 6) is 0. The van der Waals surface area contributed by atoms with E-state index in [0.717, 1.165) is 53.7 Å². The van der Waals surface area contributed by atoms with Crippen LogP contribution in [-0.2, 0) is 9.84 Å². The van der Waals surface area contributed by atoms with Crippen molar-refractivity contribution in [1.82, 2.24) is 0 Å². The molecule has 3 heterocycles. The Morgan fingerprint density at radius 1 is 0.542 bits per heavy atom. The number of sulfone groups is 1. The zero-order chi connectivity index (χ0) is 32.4. The van der Waals surface area contributed by atoms with Gasteiger partial charge in [-0.2, -0.15) is 0 Å². The highest BCUT2D eigenvalue weighted by atomic mass is 32.2. The summed E-state index contributed by atoms with van der Waals surface area (Å²) in [6.07, 6.45) is 0. The normalized spacial score (nSPS) is 14.8. The second-order valence-electron chi connectivity index (χ2n) is 11.4. The average Bonchev–Trinajstić information content (AvgIpc) is 3.12. The number of benzene rings is 6. The van der Waals surface area contributed by atoms with Crippen LogP contribution >= 0.6 is 23.5 Å². The van der Waals surface area contributed by atoms with Gasteiger partial charge in [0.05, 0.1) is 43.9 Å². The van der Waals surface area contributed by atoms with Gasteiger partial charge in [-0.3, -0.25) is 0 Å². The zero-order valence-electron chi connectivity index (χ0n) is 25.1. The maximum Gasteiger partial charge on any atom is 0.210 e. The molecule has 0 N–H and O–H groups in total. The molecule has 0 amide bonds. The van der Waals surface area contributed by atoms with E-state index in [9.17, 15) is 13.9 Å². The molecule has 0 saturated heterocycles. The molecule has 0 saturated carbocycles. The van der Waals surface area contributed by atoms with E-state index in [1.807, 2.05) is 97.1 Å². The summed E-state index contributed by atoms with van der Waals surface area (Å²) in [7, 11) is -4.03. The fourth-order valence-corrected chi connectivity index (χ4v) is 10.4. The first-order valence-electron chi connectivity index (χ1n) is 15.2. The molecule has 0 unspecified atom stereocenters. The smallest absolute Gasteiger partial charge is 0.210 e. The Bertz CT molecular complexity index is 2220. The molecule has 0 atom stereocenters. The predicted molar refractivity (Wildman–Crippen MR) is 192 cm³/mol. The summed E-state index contributed by atoms with van der Waals surface area (Å²) in [4.78, 5) is 13.6. The number of hydrogen-bond acceptors (Lipinski definition) is 8.